The second-order valence-corrected chi connectivity index (χ2v) is 5.00. The lowest BCUT2D eigenvalue weighted by atomic mass is 10.00. The molecule has 1 heterocycles. The molecule has 0 aliphatic heterocycles. The average molecular weight is 258 g/mol. The van der Waals surface area contributed by atoms with Gasteiger partial charge in [0, 0.05) is 23.3 Å². The number of aromatic nitrogens is 1. The first kappa shape index (κ1) is 13.1. The summed E-state index contributed by atoms with van der Waals surface area (Å²) < 4.78 is 0. The summed E-state index contributed by atoms with van der Waals surface area (Å²) in [7, 11) is 2.01. The maximum atomic E-state index is 4.18. The first-order valence-corrected chi connectivity index (χ1v) is 7.26. The summed E-state index contributed by atoms with van der Waals surface area (Å²) in [5, 5.41) is 3.40. The molecule has 18 heavy (non-hydrogen) atoms. The van der Waals surface area contributed by atoms with Crippen molar-refractivity contribution in [2.45, 2.75) is 17.4 Å². The minimum atomic E-state index is 0.331. The molecule has 1 atom stereocenters. The Morgan fingerprint density at radius 2 is 2.06 bits per heavy atom. The molecule has 2 aromatic rings. The first-order chi connectivity index (χ1) is 8.85. The Labute approximate surface area is 113 Å². The number of nitrogens with zero attached hydrogens (tertiary/aromatic N) is 1. The van der Waals surface area contributed by atoms with E-state index in [9.17, 15) is 0 Å². The van der Waals surface area contributed by atoms with Crippen molar-refractivity contribution >= 4 is 11.8 Å². The van der Waals surface area contributed by atoms with E-state index in [1.165, 1.54) is 16.0 Å². The summed E-state index contributed by atoms with van der Waals surface area (Å²) in [6.07, 6.45) is 6.83. The molecule has 1 aromatic heterocycles. The minimum Gasteiger partial charge on any atom is -0.313 e. The highest BCUT2D eigenvalue weighted by molar-refractivity contribution is 7.98. The average Bonchev–Trinajstić information content (AvgIpc) is 2.46. The highest BCUT2D eigenvalue weighted by Crippen LogP contribution is 2.27. The predicted molar refractivity (Wildman–Crippen MR) is 78.0 cm³/mol. The van der Waals surface area contributed by atoms with Crippen molar-refractivity contribution in [3.8, 4) is 0 Å². The van der Waals surface area contributed by atoms with Gasteiger partial charge in [-0.15, -0.1) is 11.8 Å². The molecule has 1 unspecified atom stereocenters. The molecule has 0 radical (unpaired) electrons. The van der Waals surface area contributed by atoms with Crippen LogP contribution in [-0.2, 0) is 6.42 Å². The fourth-order valence-corrected chi connectivity index (χ4v) is 2.74. The van der Waals surface area contributed by atoms with Gasteiger partial charge in [-0.1, -0.05) is 24.3 Å². The van der Waals surface area contributed by atoms with Gasteiger partial charge in [0.05, 0.1) is 0 Å². The number of hydrogen-bond donors (Lipinski definition) is 1. The monoisotopic (exact) mass is 258 g/mol. The fourth-order valence-electron chi connectivity index (χ4n) is 2.08. The number of pyridine rings is 1. The molecule has 0 spiro atoms. The summed E-state index contributed by atoms with van der Waals surface area (Å²) in [4.78, 5) is 5.51. The number of rotatable bonds is 5. The zero-order valence-electron chi connectivity index (χ0n) is 10.8. The van der Waals surface area contributed by atoms with E-state index >= 15 is 0 Å². The van der Waals surface area contributed by atoms with Crippen molar-refractivity contribution in [1.82, 2.24) is 10.3 Å². The number of nitrogens with one attached hydrogen (secondary N) is 1. The maximum Gasteiger partial charge on any atom is 0.0370 e. The van der Waals surface area contributed by atoms with Crippen molar-refractivity contribution in [3.05, 3.63) is 59.9 Å². The van der Waals surface area contributed by atoms with E-state index in [0.717, 1.165) is 6.42 Å². The van der Waals surface area contributed by atoms with Crippen LogP contribution >= 0.6 is 11.8 Å². The second kappa shape index (κ2) is 6.57. The normalized spacial score (nSPS) is 12.3. The van der Waals surface area contributed by atoms with Crippen LogP contribution in [0.1, 0.15) is 17.2 Å². The quantitative estimate of drug-likeness (QED) is 0.833. The summed E-state index contributed by atoms with van der Waals surface area (Å²) in [5.74, 6) is 0. The molecule has 0 bridgehead atoms. The zero-order chi connectivity index (χ0) is 12.8. The SMILES string of the molecule is CNC(Cc1cccnc1)c1ccccc1SC. The third-order valence-electron chi connectivity index (χ3n) is 3.03. The van der Waals surface area contributed by atoms with Crippen LogP contribution in [0.5, 0.6) is 0 Å². The lowest BCUT2D eigenvalue weighted by molar-refractivity contribution is 0.582. The van der Waals surface area contributed by atoms with Crippen molar-refractivity contribution < 1.29 is 0 Å². The standard InChI is InChI=1S/C15H18N2S/c1-16-14(10-12-6-5-9-17-11-12)13-7-3-4-8-15(13)18-2/h3-9,11,14,16H,10H2,1-2H3. The molecule has 2 nitrogen and oxygen atoms in total. The van der Waals surface area contributed by atoms with E-state index in [-0.39, 0.29) is 0 Å². The third-order valence-corrected chi connectivity index (χ3v) is 3.84. The van der Waals surface area contributed by atoms with E-state index in [2.05, 4.69) is 46.9 Å². The molecule has 0 fully saturated rings. The Kier molecular flexibility index (Phi) is 4.79. The smallest absolute Gasteiger partial charge is 0.0370 e. The van der Waals surface area contributed by atoms with Crippen LogP contribution in [0.3, 0.4) is 0 Å². The van der Waals surface area contributed by atoms with Crippen molar-refractivity contribution in [2.24, 2.45) is 0 Å². The van der Waals surface area contributed by atoms with Gasteiger partial charge in [-0.05, 0) is 43.0 Å². The third kappa shape index (κ3) is 3.12. The minimum absolute atomic E-state index is 0.331. The van der Waals surface area contributed by atoms with E-state index in [0.29, 0.717) is 6.04 Å². The van der Waals surface area contributed by atoms with Crippen LogP contribution in [0, 0.1) is 0 Å². The van der Waals surface area contributed by atoms with E-state index < -0.39 is 0 Å². The zero-order valence-corrected chi connectivity index (χ0v) is 11.6. The van der Waals surface area contributed by atoms with Crippen LogP contribution < -0.4 is 5.32 Å². The Morgan fingerprint density at radius 3 is 2.72 bits per heavy atom. The van der Waals surface area contributed by atoms with Gasteiger partial charge in [-0.25, -0.2) is 0 Å². The molecule has 2 rings (SSSR count). The lowest BCUT2D eigenvalue weighted by Crippen LogP contribution is -2.19. The van der Waals surface area contributed by atoms with Crippen LogP contribution in [0.25, 0.3) is 0 Å². The van der Waals surface area contributed by atoms with Gasteiger partial charge >= 0.3 is 0 Å². The van der Waals surface area contributed by atoms with Gasteiger partial charge in [0.25, 0.3) is 0 Å². The largest absolute Gasteiger partial charge is 0.313 e. The Morgan fingerprint density at radius 1 is 1.22 bits per heavy atom. The molecule has 94 valence electrons. The molecular weight excluding hydrogens is 240 g/mol. The van der Waals surface area contributed by atoms with Crippen molar-refractivity contribution in [1.29, 1.82) is 0 Å². The molecule has 0 aliphatic rings. The Hall–Kier alpha value is -1.32. The fraction of sp³-hybridized carbons (Fsp3) is 0.267. The Bertz CT molecular complexity index is 485. The van der Waals surface area contributed by atoms with Crippen molar-refractivity contribution in [2.75, 3.05) is 13.3 Å². The second-order valence-electron chi connectivity index (χ2n) is 4.15. The Balaban J connectivity index is 2.23. The molecule has 0 amide bonds. The number of benzene rings is 1. The van der Waals surface area contributed by atoms with Crippen LogP contribution in [-0.4, -0.2) is 18.3 Å². The molecular formula is C15H18N2S. The molecule has 3 heteroatoms. The maximum absolute atomic E-state index is 4.18. The van der Waals surface area contributed by atoms with E-state index in [1.807, 2.05) is 25.5 Å². The molecule has 0 aliphatic carbocycles. The van der Waals surface area contributed by atoms with Crippen molar-refractivity contribution in [3.63, 3.8) is 0 Å². The predicted octanol–water partition coefficient (Wildman–Crippen LogP) is 3.31. The summed E-state index contributed by atoms with van der Waals surface area (Å²) in [6.45, 7) is 0. The van der Waals surface area contributed by atoms with Crippen LogP contribution in [0.15, 0.2) is 53.7 Å². The van der Waals surface area contributed by atoms with E-state index in [1.54, 1.807) is 11.8 Å². The topological polar surface area (TPSA) is 24.9 Å². The first-order valence-electron chi connectivity index (χ1n) is 6.04. The lowest BCUT2D eigenvalue weighted by Gasteiger charge is -2.19. The molecule has 0 saturated heterocycles. The van der Waals surface area contributed by atoms with Crippen LogP contribution in [0.4, 0.5) is 0 Å². The molecule has 0 saturated carbocycles. The van der Waals surface area contributed by atoms with Gasteiger partial charge in [0.1, 0.15) is 0 Å². The highest BCUT2D eigenvalue weighted by atomic mass is 32.2. The van der Waals surface area contributed by atoms with E-state index in [4.69, 9.17) is 0 Å². The molecule has 1 N–H and O–H groups in total. The van der Waals surface area contributed by atoms with Crippen LogP contribution in [0.2, 0.25) is 0 Å². The van der Waals surface area contributed by atoms with Gasteiger partial charge in [-0.2, -0.15) is 0 Å². The van der Waals surface area contributed by atoms with Gasteiger partial charge in [0.15, 0.2) is 0 Å². The highest BCUT2D eigenvalue weighted by Gasteiger charge is 2.13. The van der Waals surface area contributed by atoms with Gasteiger partial charge in [-0.3, -0.25) is 4.98 Å². The summed E-state index contributed by atoms with van der Waals surface area (Å²) in [6, 6.07) is 13.0. The van der Waals surface area contributed by atoms with Gasteiger partial charge < -0.3 is 5.32 Å². The number of hydrogen-bond acceptors (Lipinski definition) is 3. The number of thioether (sulfide) groups is 1. The number of likely N-dealkylation sites (N-methyl/N-ethyl adjacent to an activating group) is 1. The molecule has 1 aromatic carbocycles. The summed E-state index contributed by atoms with van der Waals surface area (Å²) in [5.41, 5.74) is 2.61. The van der Waals surface area contributed by atoms with Gasteiger partial charge in [0.2, 0.25) is 0 Å². The summed E-state index contributed by atoms with van der Waals surface area (Å²) >= 11 is 1.79.